The van der Waals surface area contributed by atoms with Crippen LogP contribution in [-0.2, 0) is 0 Å². The number of benzene rings is 2. The van der Waals surface area contributed by atoms with Crippen LogP contribution in [0.25, 0.3) is 0 Å². The summed E-state index contributed by atoms with van der Waals surface area (Å²) in [4.78, 5) is 12.3. The fraction of sp³-hybridized carbons (Fsp3) is 0.333. The lowest BCUT2D eigenvalue weighted by molar-refractivity contribution is 0.0955. The van der Waals surface area contributed by atoms with E-state index in [1.807, 2.05) is 0 Å². The van der Waals surface area contributed by atoms with Crippen molar-refractivity contribution in [3.63, 3.8) is 0 Å². The predicted octanol–water partition coefficient (Wildman–Crippen LogP) is 3.84. The topological polar surface area (TPSA) is 106 Å². The van der Waals surface area contributed by atoms with Crippen molar-refractivity contribution in [1.82, 2.24) is 5.43 Å². The van der Waals surface area contributed by atoms with Crippen LogP contribution in [0.3, 0.4) is 0 Å². The minimum absolute atomic E-state index is 0.0837. The number of hydrazone groups is 1. The van der Waals surface area contributed by atoms with Crippen molar-refractivity contribution in [2.24, 2.45) is 10.8 Å². The summed E-state index contributed by atoms with van der Waals surface area (Å²) in [7, 11) is 3.09. The second-order valence-corrected chi connectivity index (χ2v) is 8.04. The summed E-state index contributed by atoms with van der Waals surface area (Å²) in [5.41, 5.74) is 9.93. The summed E-state index contributed by atoms with van der Waals surface area (Å²) in [6, 6.07) is 7.68. The molecule has 7 nitrogen and oxygen atoms in total. The number of hydrogen-bond donors (Lipinski definition) is 3. The molecule has 1 amide bonds. The molecule has 4 N–H and O–H groups in total. The minimum Gasteiger partial charge on any atom is -0.506 e. The molecule has 0 aliphatic heterocycles. The summed E-state index contributed by atoms with van der Waals surface area (Å²) >= 11 is 5.85. The van der Waals surface area contributed by atoms with Crippen LogP contribution < -0.4 is 20.6 Å². The first-order valence-electron chi connectivity index (χ1n) is 10.3. The smallest absolute Gasteiger partial charge is 0.271 e. The van der Waals surface area contributed by atoms with Crippen molar-refractivity contribution in [3.05, 3.63) is 52.0 Å². The molecule has 0 heterocycles. The van der Waals surface area contributed by atoms with Gasteiger partial charge in [0.05, 0.1) is 36.6 Å². The molecule has 168 valence electrons. The number of phenols is 1. The Hall–Kier alpha value is -3.21. The van der Waals surface area contributed by atoms with E-state index >= 15 is 0 Å². The van der Waals surface area contributed by atoms with Gasteiger partial charge in [-0.05, 0) is 48.7 Å². The lowest BCUT2D eigenvalue weighted by Crippen LogP contribution is -2.40. The van der Waals surface area contributed by atoms with Crippen molar-refractivity contribution >= 4 is 23.7 Å². The maximum absolute atomic E-state index is 12.3. The molecule has 3 rings (SSSR count). The molecule has 0 atom stereocenters. The van der Waals surface area contributed by atoms with E-state index in [1.54, 1.807) is 19.2 Å². The van der Waals surface area contributed by atoms with E-state index in [2.05, 4.69) is 22.4 Å². The van der Waals surface area contributed by atoms with Gasteiger partial charge in [-0.15, -0.1) is 0 Å². The Morgan fingerprint density at radius 1 is 1.22 bits per heavy atom. The maximum atomic E-state index is 12.3. The lowest BCUT2D eigenvalue weighted by atomic mass is 9.83. The van der Waals surface area contributed by atoms with Crippen molar-refractivity contribution in [3.8, 4) is 29.1 Å². The van der Waals surface area contributed by atoms with Crippen LogP contribution in [0.2, 0.25) is 5.02 Å². The highest BCUT2D eigenvalue weighted by molar-refractivity contribution is 6.32. The zero-order valence-electron chi connectivity index (χ0n) is 18.1. The van der Waals surface area contributed by atoms with Crippen LogP contribution in [0.5, 0.6) is 17.2 Å². The third-order valence-corrected chi connectivity index (χ3v) is 5.59. The molecule has 0 unspecified atom stereocenters. The molecule has 2 aromatic carbocycles. The Bertz CT molecular complexity index is 1080. The third kappa shape index (κ3) is 5.72. The number of phenolic OH excluding ortho intramolecular Hbond substituents is 1. The number of nitrogens with one attached hydrogen (secondary N) is 1. The summed E-state index contributed by atoms with van der Waals surface area (Å²) in [6.07, 6.45) is 6.55. The van der Waals surface area contributed by atoms with Crippen LogP contribution in [0, 0.1) is 11.8 Å². The highest BCUT2D eigenvalue weighted by atomic mass is 35.5. The SMILES string of the molecule is COc1cc(C=NNC(=O)c2ccc(O)c(Cl)c2)cc(C#CC2(N)CCCCC2)c1OC. The van der Waals surface area contributed by atoms with Gasteiger partial charge >= 0.3 is 0 Å². The van der Waals surface area contributed by atoms with Gasteiger partial charge in [-0.25, -0.2) is 5.43 Å². The van der Waals surface area contributed by atoms with Crippen LogP contribution >= 0.6 is 11.6 Å². The van der Waals surface area contributed by atoms with Crippen LogP contribution in [-0.4, -0.2) is 37.0 Å². The second-order valence-electron chi connectivity index (χ2n) is 7.64. The summed E-state index contributed by atoms with van der Waals surface area (Å²) in [6.45, 7) is 0. The normalized spacial score (nSPS) is 15.0. The zero-order chi connectivity index (χ0) is 23.1. The number of nitrogens with zero attached hydrogens (tertiary/aromatic N) is 1. The van der Waals surface area contributed by atoms with Gasteiger partial charge in [0.25, 0.3) is 5.91 Å². The number of methoxy groups -OCH3 is 2. The van der Waals surface area contributed by atoms with Crippen LogP contribution in [0.15, 0.2) is 35.4 Å². The molecule has 0 saturated heterocycles. The van der Waals surface area contributed by atoms with Gasteiger partial charge in [0.2, 0.25) is 0 Å². The Morgan fingerprint density at radius 2 is 1.97 bits per heavy atom. The first kappa shape index (κ1) is 23.5. The quantitative estimate of drug-likeness (QED) is 0.361. The average molecular weight is 456 g/mol. The van der Waals surface area contributed by atoms with E-state index in [9.17, 15) is 9.90 Å². The van der Waals surface area contributed by atoms with E-state index in [0.29, 0.717) is 22.6 Å². The number of amides is 1. The van der Waals surface area contributed by atoms with Crippen molar-refractivity contribution in [2.75, 3.05) is 14.2 Å². The number of nitrogens with two attached hydrogens (primary N) is 1. The molecule has 2 aromatic rings. The van der Waals surface area contributed by atoms with Gasteiger partial charge in [0, 0.05) is 5.56 Å². The number of carbonyl (C=O) groups excluding carboxylic acids is 1. The Morgan fingerprint density at radius 3 is 2.62 bits per heavy atom. The molecule has 1 aliphatic carbocycles. The Kier molecular flexibility index (Phi) is 7.62. The van der Waals surface area contributed by atoms with E-state index in [4.69, 9.17) is 26.8 Å². The number of ether oxygens (including phenoxy) is 2. The molecule has 0 bridgehead atoms. The number of rotatable bonds is 5. The molecule has 1 fully saturated rings. The standard InChI is InChI=1S/C24H26ClN3O4/c1-31-21-13-16(15-27-28-23(30)18-6-7-20(29)19(25)14-18)12-17(22(21)32-2)8-11-24(26)9-4-3-5-10-24/h6-7,12-15,29H,3-5,9-10,26H2,1-2H3,(H,28,30). The lowest BCUT2D eigenvalue weighted by Gasteiger charge is -2.27. The van der Waals surface area contributed by atoms with Crippen molar-refractivity contribution in [1.29, 1.82) is 0 Å². The van der Waals surface area contributed by atoms with Gasteiger partial charge in [0.1, 0.15) is 5.75 Å². The summed E-state index contributed by atoms with van der Waals surface area (Å²) in [5, 5.41) is 13.6. The van der Waals surface area contributed by atoms with Gasteiger partial charge in [-0.3, -0.25) is 4.79 Å². The molecule has 1 saturated carbocycles. The number of aromatic hydroxyl groups is 1. The molecule has 32 heavy (non-hydrogen) atoms. The van der Waals surface area contributed by atoms with Crippen molar-refractivity contribution in [2.45, 2.75) is 37.6 Å². The molecule has 1 aliphatic rings. The molecule has 8 heteroatoms. The highest BCUT2D eigenvalue weighted by Gasteiger charge is 2.25. The fourth-order valence-corrected chi connectivity index (χ4v) is 3.71. The Balaban J connectivity index is 1.83. The van der Waals surface area contributed by atoms with Gasteiger partial charge in [0.15, 0.2) is 11.5 Å². The van der Waals surface area contributed by atoms with E-state index in [1.165, 1.54) is 37.9 Å². The van der Waals surface area contributed by atoms with Gasteiger partial charge < -0.3 is 20.3 Å². The maximum Gasteiger partial charge on any atom is 0.271 e. The van der Waals surface area contributed by atoms with E-state index < -0.39 is 11.4 Å². The molecular weight excluding hydrogens is 430 g/mol. The van der Waals surface area contributed by atoms with E-state index in [-0.39, 0.29) is 16.3 Å². The fourth-order valence-electron chi connectivity index (χ4n) is 3.53. The Labute approximate surface area is 192 Å². The van der Waals surface area contributed by atoms with Crippen molar-refractivity contribution < 1.29 is 19.4 Å². The number of hydrogen-bond acceptors (Lipinski definition) is 6. The molecule has 0 spiro atoms. The zero-order valence-corrected chi connectivity index (χ0v) is 18.8. The summed E-state index contributed by atoms with van der Waals surface area (Å²) < 4.78 is 10.9. The molecule has 0 aromatic heterocycles. The first-order chi connectivity index (χ1) is 15.3. The van der Waals surface area contributed by atoms with E-state index in [0.717, 1.165) is 25.7 Å². The average Bonchev–Trinajstić information content (AvgIpc) is 2.79. The van der Waals surface area contributed by atoms with Gasteiger partial charge in [-0.1, -0.05) is 42.7 Å². The molecular formula is C24H26ClN3O4. The van der Waals surface area contributed by atoms with Crippen LogP contribution in [0.4, 0.5) is 0 Å². The number of carbonyl (C=O) groups is 1. The first-order valence-corrected chi connectivity index (χ1v) is 10.6. The predicted molar refractivity (Wildman–Crippen MR) is 125 cm³/mol. The monoisotopic (exact) mass is 455 g/mol. The molecule has 0 radical (unpaired) electrons. The largest absolute Gasteiger partial charge is 0.506 e. The highest BCUT2D eigenvalue weighted by Crippen LogP contribution is 2.32. The second kappa shape index (κ2) is 10.4. The number of halogens is 1. The third-order valence-electron chi connectivity index (χ3n) is 5.28. The van der Waals surface area contributed by atoms with Gasteiger partial charge in [-0.2, -0.15) is 5.10 Å². The van der Waals surface area contributed by atoms with Crippen LogP contribution in [0.1, 0.15) is 53.6 Å². The summed E-state index contributed by atoms with van der Waals surface area (Å²) in [5.74, 6) is 6.82. The minimum atomic E-state index is -0.500.